The van der Waals surface area contributed by atoms with E-state index in [1.807, 2.05) is 31.2 Å². The van der Waals surface area contributed by atoms with Crippen molar-refractivity contribution in [3.05, 3.63) is 51.9 Å². The number of aromatic nitrogens is 4. The molecule has 0 amide bonds. The van der Waals surface area contributed by atoms with Gasteiger partial charge in [0.1, 0.15) is 0 Å². The lowest BCUT2D eigenvalue weighted by Gasteiger charge is -2.12. The Morgan fingerprint density at radius 3 is 2.61 bits per heavy atom. The van der Waals surface area contributed by atoms with Crippen molar-refractivity contribution in [2.75, 3.05) is 13.1 Å². The molecule has 2 aromatic heterocycles. The van der Waals surface area contributed by atoms with Crippen LogP contribution >= 0.6 is 0 Å². The largest absolute Gasteiger partial charge is 0.298 e. The molecule has 1 aromatic carbocycles. The van der Waals surface area contributed by atoms with Crippen molar-refractivity contribution in [1.29, 1.82) is 0 Å². The van der Waals surface area contributed by atoms with Gasteiger partial charge in [0.2, 0.25) is 0 Å². The maximum absolute atomic E-state index is 12.3. The molecular formula is C17H19N5O. The van der Waals surface area contributed by atoms with Gasteiger partial charge in [-0.3, -0.25) is 14.8 Å². The molecule has 1 fully saturated rings. The molecule has 6 heteroatoms. The zero-order valence-corrected chi connectivity index (χ0v) is 13.1. The van der Waals surface area contributed by atoms with Crippen LogP contribution in [0.5, 0.6) is 0 Å². The SMILES string of the molecule is Cc1ccc(-c2nc3nc(CN4CCCC4)cc(=O)n3[nH]2)cc1. The molecule has 1 saturated heterocycles. The van der Waals surface area contributed by atoms with Gasteiger partial charge in [-0.05, 0) is 32.9 Å². The molecule has 3 aromatic rings. The average Bonchev–Trinajstić information content (AvgIpc) is 3.17. The van der Waals surface area contributed by atoms with Crippen LogP contribution < -0.4 is 5.56 Å². The van der Waals surface area contributed by atoms with Crippen molar-refractivity contribution in [3.63, 3.8) is 0 Å². The number of nitrogens with one attached hydrogen (secondary N) is 1. The van der Waals surface area contributed by atoms with Crippen LogP contribution in [0, 0.1) is 6.92 Å². The second-order valence-corrected chi connectivity index (χ2v) is 6.14. The molecular weight excluding hydrogens is 290 g/mol. The van der Waals surface area contributed by atoms with Crippen LogP contribution in [0.1, 0.15) is 24.1 Å². The maximum atomic E-state index is 12.3. The Kier molecular flexibility index (Phi) is 3.46. The second kappa shape index (κ2) is 5.62. The average molecular weight is 309 g/mol. The highest BCUT2D eigenvalue weighted by Crippen LogP contribution is 2.16. The van der Waals surface area contributed by atoms with Gasteiger partial charge in [0, 0.05) is 18.2 Å². The number of hydrogen-bond donors (Lipinski definition) is 1. The summed E-state index contributed by atoms with van der Waals surface area (Å²) in [6.45, 7) is 4.92. The predicted molar refractivity (Wildman–Crippen MR) is 88.3 cm³/mol. The molecule has 0 aliphatic carbocycles. The lowest BCUT2D eigenvalue weighted by atomic mass is 10.1. The van der Waals surface area contributed by atoms with Gasteiger partial charge in [-0.1, -0.05) is 29.8 Å². The van der Waals surface area contributed by atoms with Crippen LogP contribution in [0.25, 0.3) is 17.2 Å². The summed E-state index contributed by atoms with van der Waals surface area (Å²) in [6, 6.07) is 9.63. The van der Waals surface area contributed by atoms with Gasteiger partial charge in [-0.2, -0.15) is 9.50 Å². The van der Waals surface area contributed by atoms with Crippen LogP contribution in [0.4, 0.5) is 0 Å². The number of likely N-dealkylation sites (tertiary alicyclic amines) is 1. The first kappa shape index (κ1) is 14.1. The van der Waals surface area contributed by atoms with Gasteiger partial charge in [0.15, 0.2) is 5.82 Å². The molecule has 1 aliphatic rings. The van der Waals surface area contributed by atoms with Crippen LogP contribution in [-0.4, -0.2) is 37.6 Å². The summed E-state index contributed by atoms with van der Waals surface area (Å²) in [5.74, 6) is 1.09. The summed E-state index contributed by atoms with van der Waals surface area (Å²) in [7, 11) is 0. The van der Waals surface area contributed by atoms with E-state index in [1.54, 1.807) is 6.07 Å². The highest BCUT2D eigenvalue weighted by molar-refractivity contribution is 5.57. The molecule has 6 nitrogen and oxygen atoms in total. The van der Waals surface area contributed by atoms with Crippen LogP contribution in [0.2, 0.25) is 0 Å². The van der Waals surface area contributed by atoms with Gasteiger partial charge in [-0.25, -0.2) is 4.98 Å². The monoisotopic (exact) mass is 309 g/mol. The molecule has 1 aliphatic heterocycles. The highest BCUT2D eigenvalue weighted by Gasteiger charge is 2.15. The van der Waals surface area contributed by atoms with E-state index in [0.717, 1.165) is 30.9 Å². The van der Waals surface area contributed by atoms with Crippen molar-refractivity contribution in [2.45, 2.75) is 26.3 Å². The summed E-state index contributed by atoms with van der Waals surface area (Å²) < 4.78 is 1.41. The van der Waals surface area contributed by atoms with Crippen molar-refractivity contribution in [3.8, 4) is 11.4 Å². The molecule has 0 radical (unpaired) electrons. The summed E-state index contributed by atoms with van der Waals surface area (Å²) >= 11 is 0. The first-order valence-electron chi connectivity index (χ1n) is 7.97. The molecule has 0 saturated carbocycles. The lowest BCUT2D eigenvalue weighted by molar-refractivity contribution is 0.327. The standard InChI is InChI=1S/C17H19N5O/c1-12-4-6-13(7-5-12)16-19-17-18-14(10-15(23)22(17)20-16)11-21-8-2-3-9-21/h4-7,10H,2-3,8-9,11H2,1H3,(H,18,19,20). The molecule has 0 unspecified atom stereocenters. The van der Waals surface area contributed by atoms with Crippen molar-refractivity contribution in [1.82, 2.24) is 24.5 Å². The number of nitrogens with zero attached hydrogens (tertiary/aromatic N) is 4. The number of aryl methyl sites for hydroxylation is 1. The molecule has 1 N–H and O–H groups in total. The molecule has 0 bridgehead atoms. The third-order valence-electron chi connectivity index (χ3n) is 4.29. The Morgan fingerprint density at radius 2 is 1.87 bits per heavy atom. The van der Waals surface area contributed by atoms with Gasteiger partial charge >= 0.3 is 0 Å². The zero-order chi connectivity index (χ0) is 15.8. The quantitative estimate of drug-likeness (QED) is 0.803. The van der Waals surface area contributed by atoms with E-state index in [4.69, 9.17) is 0 Å². The minimum Gasteiger partial charge on any atom is -0.298 e. The minimum absolute atomic E-state index is 0.116. The van der Waals surface area contributed by atoms with E-state index in [-0.39, 0.29) is 5.56 Å². The van der Waals surface area contributed by atoms with Gasteiger partial charge in [-0.15, -0.1) is 0 Å². The molecule has 0 spiro atoms. The van der Waals surface area contributed by atoms with Crippen molar-refractivity contribution < 1.29 is 0 Å². The van der Waals surface area contributed by atoms with Gasteiger partial charge in [0.25, 0.3) is 11.3 Å². The Labute approximate surface area is 133 Å². The van der Waals surface area contributed by atoms with Crippen molar-refractivity contribution >= 4 is 5.78 Å². The van der Waals surface area contributed by atoms with Crippen molar-refractivity contribution in [2.24, 2.45) is 0 Å². The highest BCUT2D eigenvalue weighted by atomic mass is 16.1. The maximum Gasteiger partial charge on any atom is 0.274 e. The Morgan fingerprint density at radius 1 is 1.13 bits per heavy atom. The molecule has 0 atom stereocenters. The topological polar surface area (TPSA) is 66.3 Å². The summed E-state index contributed by atoms with van der Waals surface area (Å²) in [4.78, 5) is 23.7. The summed E-state index contributed by atoms with van der Waals surface area (Å²) in [5.41, 5.74) is 2.81. The molecule has 118 valence electrons. The Hall–Kier alpha value is -2.47. The number of benzene rings is 1. The minimum atomic E-state index is -0.116. The molecule has 4 rings (SSSR count). The predicted octanol–water partition coefficient (Wildman–Crippen LogP) is 1.99. The van der Waals surface area contributed by atoms with E-state index in [2.05, 4.69) is 20.0 Å². The second-order valence-electron chi connectivity index (χ2n) is 6.14. The smallest absolute Gasteiger partial charge is 0.274 e. The fourth-order valence-electron chi connectivity index (χ4n) is 3.02. The molecule has 23 heavy (non-hydrogen) atoms. The van der Waals surface area contributed by atoms with Crippen LogP contribution in [-0.2, 0) is 6.54 Å². The van der Waals surface area contributed by atoms with Gasteiger partial charge in [0.05, 0.1) is 5.69 Å². The van der Waals surface area contributed by atoms with E-state index in [0.29, 0.717) is 11.6 Å². The zero-order valence-electron chi connectivity index (χ0n) is 13.1. The summed E-state index contributed by atoms with van der Waals surface area (Å²) in [5, 5.41) is 3.04. The lowest BCUT2D eigenvalue weighted by Crippen LogP contribution is -2.22. The van der Waals surface area contributed by atoms with E-state index in [1.165, 1.54) is 22.9 Å². The van der Waals surface area contributed by atoms with Crippen LogP contribution in [0.3, 0.4) is 0 Å². The first-order valence-corrected chi connectivity index (χ1v) is 7.97. The van der Waals surface area contributed by atoms with Crippen LogP contribution in [0.15, 0.2) is 35.1 Å². The Balaban J connectivity index is 1.71. The first-order chi connectivity index (χ1) is 11.2. The number of aromatic amines is 1. The van der Waals surface area contributed by atoms with Gasteiger partial charge < -0.3 is 0 Å². The number of rotatable bonds is 3. The third-order valence-corrected chi connectivity index (χ3v) is 4.29. The third kappa shape index (κ3) is 2.77. The van der Waals surface area contributed by atoms with E-state index < -0.39 is 0 Å². The fourth-order valence-corrected chi connectivity index (χ4v) is 3.02. The summed E-state index contributed by atoms with van der Waals surface area (Å²) in [6.07, 6.45) is 2.45. The fraction of sp³-hybridized carbons (Fsp3) is 0.353. The van der Waals surface area contributed by atoms with E-state index >= 15 is 0 Å². The number of hydrogen-bond acceptors (Lipinski definition) is 4. The Bertz CT molecular complexity index is 887. The molecule has 3 heterocycles. The normalized spacial score (nSPS) is 15.5. The number of fused-ring (bicyclic) bond motifs is 1. The number of H-pyrrole nitrogens is 1. The van der Waals surface area contributed by atoms with E-state index in [9.17, 15) is 4.79 Å².